The first-order valence-corrected chi connectivity index (χ1v) is 19.8. The minimum Gasteiger partial charge on any atom is -0.297 e. The third kappa shape index (κ3) is 7.52. The number of fused-ring (bicyclic) bond motifs is 2. The number of aromatic nitrogens is 6. The Morgan fingerprint density at radius 2 is 1.18 bits per heavy atom. The van der Waals surface area contributed by atoms with Gasteiger partial charge in [-0.1, -0.05) is 99.4 Å². The van der Waals surface area contributed by atoms with Crippen molar-refractivity contribution in [1.82, 2.24) is 28.5 Å². The van der Waals surface area contributed by atoms with E-state index in [-0.39, 0.29) is 0 Å². The van der Waals surface area contributed by atoms with E-state index in [1.54, 1.807) is 6.08 Å². The monoisotopic (exact) mass is 743 g/mol. The Bertz CT molecular complexity index is 2600. The minimum absolute atomic E-state index is 0.633. The molecule has 55 heavy (non-hydrogen) atoms. The molecule has 0 spiro atoms. The van der Waals surface area contributed by atoms with Crippen molar-refractivity contribution in [2.24, 2.45) is 0 Å². The van der Waals surface area contributed by atoms with Crippen LogP contribution in [0.5, 0.6) is 0 Å². The molecule has 0 amide bonds. The first-order chi connectivity index (χ1) is 26.8. The summed E-state index contributed by atoms with van der Waals surface area (Å²) in [6.07, 6.45) is 1.75. The van der Waals surface area contributed by atoms with E-state index in [2.05, 4.69) is 139 Å². The molecule has 1 atom stereocenters. The molecular formula is C47H50N7P. The normalized spacial score (nSPS) is 10.4. The van der Waals surface area contributed by atoms with Crippen molar-refractivity contribution < 1.29 is 0 Å². The Morgan fingerprint density at radius 3 is 1.73 bits per heavy atom. The van der Waals surface area contributed by atoms with Crippen LogP contribution in [0.2, 0.25) is 0 Å². The van der Waals surface area contributed by atoms with E-state index in [1.165, 1.54) is 0 Å². The second kappa shape index (κ2) is 17.8. The smallest absolute Gasteiger partial charge is 0.169 e. The van der Waals surface area contributed by atoms with Gasteiger partial charge in [0.15, 0.2) is 5.65 Å². The lowest BCUT2D eigenvalue weighted by Gasteiger charge is -2.17. The van der Waals surface area contributed by atoms with Gasteiger partial charge < -0.3 is 0 Å². The summed E-state index contributed by atoms with van der Waals surface area (Å²) in [6, 6.07) is 40.2. The second-order valence-corrected chi connectivity index (χ2v) is 12.7. The molecule has 8 aromatic rings. The third-order valence-corrected chi connectivity index (χ3v) is 9.10. The molecule has 0 aliphatic heterocycles. The fraction of sp³-hybridized carbons (Fsp3) is 0.191. The molecule has 4 aromatic heterocycles. The third-order valence-electron chi connectivity index (χ3n) is 9.10. The van der Waals surface area contributed by atoms with Crippen molar-refractivity contribution in [2.45, 2.75) is 55.4 Å². The molecule has 0 radical (unpaired) electrons. The van der Waals surface area contributed by atoms with Crippen molar-refractivity contribution in [3.8, 4) is 51.2 Å². The molecule has 0 fully saturated rings. The van der Waals surface area contributed by atoms with E-state index in [4.69, 9.17) is 15.0 Å². The number of nitriles is 1. The van der Waals surface area contributed by atoms with E-state index < -0.39 is 0 Å². The van der Waals surface area contributed by atoms with Crippen LogP contribution in [0.4, 0.5) is 0 Å². The second-order valence-electron chi connectivity index (χ2n) is 12.7. The highest BCUT2D eigenvalue weighted by Gasteiger charge is 2.26. The molecule has 8 rings (SSSR count). The summed E-state index contributed by atoms with van der Waals surface area (Å²) in [5.41, 5.74) is 14.5. The van der Waals surface area contributed by atoms with Gasteiger partial charge in [-0.3, -0.25) is 13.5 Å². The van der Waals surface area contributed by atoms with Crippen LogP contribution in [0.25, 0.3) is 62.0 Å². The number of benzene rings is 4. The quantitative estimate of drug-likeness (QED) is 0.130. The molecule has 4 aromatic carbocycles. The number of hydrogen-bond acceptors (Lipinski definition) is 4. The van der Waals surface area contributed by atoms with Gasteiger partial charge in [-0.2, -0.15) is 5.26 Å². The van der Waals surface area contributed by atoms with Crippen LogP contribution < -0.4 is 0 Å². The molecule has 278 valence electrons. The first kappa shape index (κ1) is 40.1. The zero-order valence-electron chi connectivity index (χ0n) is 33.4. The molecule has 7 nitrogen and oxygen atoms in total. The highest BCUT2D eigenvalue weighted by atomic mass is 31.0. The van der Waals surface area contributed by atoms with Crippen LogP contribution >= 0.6 is 9.24 Å². The van der Waals surface area contributed by atoms with Gasteiger partial charge >= 0.3 is 0 Å². The van der Waals surface area contributed by atoms with E-state index in [9.17, 15) is 5.26 Å². The number of para-hydroxylation sites is 2. The first-order valence-electron chi connectivity index (χ1n) is 18.6. The summed E-state index contributed by atoms with van der Waals surface area (Å²) in [5, 5.41) is 9.58. The summed E-state index contributed by atoms with van der Waals surface area (Å²) in [5.74, 6) is 1.46. The number of rotatable bonds is 5. The van der Waals surface area contributed by atoms with Gasteiger partial charge in [-0.15, -0.1) is 15.8 Å². The molecule has 0 saturated carbocycles. The Hall–Kier alpha value is -6.09. The number of allylic oxidation sites excluding steroid dienone is 1. The highest BCUT2D eigenvalue weighted by Crippen LogP contribution is 2.41. The fourth-order valence-corrected chi connectivity index (χ4v) is 7.17. The summed E-state index contributed by atoms with van der Waals surface area (Å²) in [6.45, 7) is 21.3. The zero-order chi connectivity index (χ0) is 39.8. The van der Waals surface area contributed by atoms with Gasteiger partial charge in [0.2, 0.25) is 0 Å². The van der Waals surface area contributed by atoms with Crippen molar-refractivity contribution in [3.05, 3.63) is 156 Å². The Kier molecular flexibility index (Phi) is 13.0. The van der Waals surface area contributed by atoms with E-state index >= 15 is 0 Å². The van der Waals surface area contributed by atoms with Crippen molar-refractivity contribution in [1.29, 1.82) is 5.26 Å². The predicted octanol–water partition coefficient (Wildman–Crippen LogP) is 12.0. The Balaban J connectivity index is 0.000000780. The number of hydrogen-bond donors (Lipinski definition) is 0. The van der Waals surface area contributed by atoms with Crippen LogP contribution in [0.15, 0.2) is 122 Å². The molecule has 0 N–H and O–H groups in total. The average molecular weight is 744 g/mol. The fourth-order valence-electron chi connectivity index (χ4n) is 7.17. The SMILES string of the molecule is C=CC.CC.CP.Cc1nc(-c2c(C)cc(C#N)cc2C)c2nc(C)n(-c3ccccc3-n3c(-c4ccccc4)c(-c4ccccc4)n4c(C)ccc34)c2n1. The van der Waals surface area contributed by atoms with E-state index in [1.807, 2.05) is 67.3 Å². The van der Waals surface area contributed by atoms with Crippen LogP contribution in [0, 0.1) is 45.9 Å². The number of nitrogens with zero attached hydrogens (tertiary/aromatic N) is 7. The minimum atomic E-state index is 0.633. The van der Waals surface area contributed by atoms with Gasteiger partial charge in [0, 0.05) is 22.4 Å². The van der Waals surface area contributed by atoms with E-state index in [0.29, 0.717) is 11.4 Å². The largest absolute Gasteiger partial charge is 0.297 e. The lowest BCUT2D eigenvalue weighted by molar-refractivity contribution is 0.954. The number of imidazole rings is 2. The predicted molar refractivity (Wildman–Crippen MR) is 235 cm³/mol. The van der Waals surface area contributed by atoms with Gasteiger partial charge in [0.05, 0.1) is 34.4 Å². The molecule has 0 aliphatic rings. The van der Waals surface area contributed by atoms with Crippen molar-refractivity contribution in [3.63, 3.8) is 0 Å². The Morgan fingerprint density at radius 1 is 0.673 bits per heavy atom. The van der Waals surface area contributed by atoms with Gasteiger partial charge in [0.1, 0.15) is 28.5 Å². The molecule has 0 bridgehead atoms. The van der Waals surface area contributed by atoms with Crippen LogP contribution in [-0.2, 0) is 0 Å². The summed E-state index contributed by atoms with van der Waals surface area (Å²) < 4.78 is 6.88. The average Bonchev–Trinajstić information content (AvgIpc) is 3.87. The van der Waals surface area contributed by atoms with Crippen LogP contribution in [0.1, 0.15) is 54.8 Å². The molecular weight excluding hydrogens is 694 g/mol. The lowest BCUT2D eigenvalue weighted by Crippen LogP contribution is -2.07. The summed E-state index contributed by atoms with van der Waals surface area (Å²) in [7, 11) is 2.42. The van der Waals surface area contributed by atoms with Crippen molar-refractivity contribution in [2.75, 3.05) is 6.66 Å². The maximum absolute atomic E-state index is 9.58. The van der Waals surface area contributed by atoms with E-state index in [0.717, 1.165) is 84.6 Å². The summed E-state index contributed by atoms with van der Waals surface area (Å²) >= 11 is 0. The molecule has 4 heterocycles. The van der Waals surface area contributed by atoms with Crippen LogP contribution in [-0.4, -0.2) is 35.2 Å². The maximum atomic E-state index is 9.58. The number of aryl methyl sites for hydroxylation is 5. The summed E-state index contributed by atoms with van der Waals surface area (Å²) in [4.78, 5) is 15.1. The molecule has 8 heteroatoms. The molecule has 1 unspecified atom stereocenters. The van der Waals surface area contributed by atoms with Gasteiger partial charge in [-0.05, 0) is 89.1 Å². The standard InChI is InChI=1S/C41H33N7.C3H6.C2H6.CH5P/c1-25-22-30(24-42)23-26(2)36(25)37-38-41(44-28(4)43-37)47(29(5)45-38)33-18-12-13-19-34(33)48-35-21-20-27(3)46(35)39(31-14-8-6-9-15-31)40(48)32-16-10-7-11-17-32;1-3-2;2*1-2/h6-23H,1-5H3;3H,1H2,2H3;1-2H3;2H2,1H3. The Labute approximate surface area is 327 Å². The van der Waals surface area contributed by atoms with Gasteiger partial charge in [-0.25, -0.2) is 15.0 Å². The van der Waals surface area contributed by atoms with Gasteiger partial charge in [0.25, 0.3) is 0 Å². The zero-order valence-corrected chi connectivity index (χ0v) is 34.5. The molecule has 0 saturated heterocycles. The lowest BCUT2D eigenvalue weighted by atomic mass is 9.96. The topological polar surface area (TPSA) is 76.7 Å². The van der Waals surface area contributed by atoms with Crippen LogP contribution in [0.3, 0.4) is 0 Å². The van der Waals surface area contributed by atoms with Crippen molar-refractivity contribution >= 4 is 26.1 Å². The maximum Gasteiger partial charge on any atom is 0.169 e. The molecule has 0 aliphatic carbocycles. The highest BCUT2D eigenvalue weighted by molar-refractivity contribution is 7.15.